The zero-order valence-electron chi connectivity index (χ0n) is 20.5. The number of hydrogen-bond acceptors (Lipinski definition) is 6. The molecule has 2 aromatic heterocycles. The first kappa shape index (κ1) is 22.9. The first-order valence-electron chi connectivity index (χ1n) is 12.3. The van der Waals surface area contributed by atoms with Gasteiger partial charge in [0.15, 0.2) is 11.5 Å². The van der Waals surface area contributed by atoms with Crippen LogP contribution in [0, 0.1) is 13.8 Å². The Bertz CT molecular complexity index is 1390. The van der Waals surface area contributed by atoms with Crippen molar-refractivity contribution in [2.45, 2.75) is 45.8 Å². The van der Waals surface area contributed by atoms with Gasteiger partial charge in [0.2, 0.25) is 5.91 Å². The number of aromatic nitrogens is 1. The molecule has 1 aliphatic heterocycles. The Morgan fingerprint density at radius 3 is 2.86 bits per heavy atom. The van der Waals surface area contributed by atoms with E-state index in [-0.39, 0.29) is 18.4 Å². The van der Waals surface area contributed by atoms with E-state index in [9.17, 15) is 4.79 Å². The second kappa shape index (κ2) is 9.47. The van der Waals surface area contributed by atoms with E-state index in [4.69, 9.17) is 14.0 Å². The number of carbonyl (C=O) groups excluding carboxylic acids is 1. The monoisotopic (exact) mass is 500 g/mol. The maximum absolute atomic E-state index is 13.3. The quantitative estimate of drug-likeness (QED) is 0.334. The third-order valence-electron chi connectivity index (χ3n) is 7.12. The van der Waals surface area contributed by atoms with Crippen molar-refractivity contribution >= 4 is 17.2 Å². The van der Waals surface area contributed by atoms with Gasteiger partial charge in [0.25, 0.3) is 0 Å². The van der Waals surface area contributed by atoms with Crippen LogP contribution >= 0.6 is 11.3 Å². The Kier molecular flexibility index (Phi) is 6.01. The number of rotatable bonds is 5. The van der Waals surface area contributed by atoms with E-state index in [0.717, 1.165) is 51.6 Å². The fourth-order valence-corrected chi connectivity index (χ4v) is 5.90. The number of aryl methyl sites for hydroxylation is 3. The van der Waals surface area contributed by atoms with E-state index in [1.54, 1.807) is 11.3 Å². The zero-order valence-corrected chi connectivity index (χ0v) is 21.3. The summed E-state index contributed by atoms with van der Waals surface area (Å²) in [7, 11) is 0. The SMILES string of the molecule is Cc1noc(C)c1CC(=O)N1CCOc2c(cc(-c3cccs3)cc2O[C@@H]2CCc3ccccc32)C1. The van der Waals surface area contributed by atoms with Crippen molar-refractivity contribution in [1.82, 2.24) is 10.1 Å². The third kappa shape index (κ3) is 4.28. The van der Waals surface area contributed by atoms with Crippen LogP contribution < -0.4 is 9.47 Å². The number of amides is 1. The summed E-state index contributed by atoms with van der Waals surface area (Å²) in [6.45, 7) is 5.11. The Hall–Kier alpha value is -3.58. The normalized spacial score (nSPS) is 16.7. The summed E-state index contributed by atoms with van der Waals surface area (Å²) in [4.78, 5) is 16.3. The van der Waals surface area contributed by atoms with Gasteiger partial charge in [-0.2, -0.15) is 0 Å². The van der Waals surface area contributed by atoms with E-state index in [0.29, 0.717) is 25.5 Å². The van der Waals surface area contributed by atoms with Crippen molar-refractivity contribution in [2.75, 3.05) is 13.2 Å². The lowest BCUT2D eigenvalue weighted by Crippen LogP contribution is -2.33. The average Bonchev–Trinajstić information content (AvgIpc) is 3.59. The van der Waals surface area contributed by atoms with Crippen LogP contribution in [0.4, 0.5) is 0 Å². The van der Waals surface area contributed by atoms with Gasteiger partial charge in [-0.05, 0) is 67.0 Å². The smallest absolute Gasteiger partial charge is 0.227 e. The summed E-state index contributed by atoms with van der Waals surface area (Å²) in [6.07, 6.45) is 2.22. The molecule has 0 radical (unpaired) electrons. The van der Waals surface area contributed by atoms with Gasteiger partial charge in [-0.3, -0.25) is 4.79 Å². The number of hydrogen-bond donors (Lipinski definition) is 0. The van der Waals surface area contributed by atoms with Crippen molar-refractivity contribution in [2.24, 2.45) is 0 Å². The molecule has 2 aromatic carbocycles. The molecule has 0 spiro atoms. The number of carbonyl (C=O) groups is 1. The fraction of sp³-hybridized carbons (Fsp3) is 0.310. The standard InChI is InChI=1S/C29H28N2O4S/c1-18-24(19(2)35-30-18)16-28(32)31-11-12-33-29-22(17-31)14-21(27-8-5-13-36-27)15-26(29)34-25-10-9-20-6-3-4-7-23(20)25/h3-8,13-15,25H,9-12,16-17H2,1-2H3/t25-/m1/s1. The van der Waals surface area contributed by atoms with Crippen molar-refractivity contribution in [3.8, 4) is 21.9 Å². The molecule has 4 aromatic rings. The molecule has 184 valence electrons. The molecular weight excluding hydrogens is 472 g/mol. The van der Waals surface area contributed by atoms with Crippen LogP contribution in [0.5, 0.6) is 11.5 Å². The molecule has 0 saturated heterocycles. The van der Waals surface area contributed by atoms with Crippen LogP contribution in [-0.2, 0) is 24.2 Å². The summed E-state index contributed by atoms with van der Waals surface area (Å²) >= 11 is 1.69. The minimum Gasteiger partial charge on any atom is -0.487 e. The van der Waals surface area contributed by atoms with Crippen molar-refractivity contribution < 1.29 is 18.8 Å². The molecule has 1 aliphatic carbocycles. The van der Waals surface area contributed by atoms with Crippen molar-refractivity contribution in [3.63, 3.8) is 0 Å². The van der Waals surface area contributed by atoms with E-state index in [1.807, 2.05) is 18.7 Å². The Balaban J connectivity index is 1.33. The highest BCUT2D eigenvalue weighted by Gasteiger charge is 2.29. The summed E-state index contributed by atoms with van der Waals surface area (Å²) in [6, 6.07) is 16.9. The predicted octanol–water partition coefficient (Wildman–Crippen LogP) is 6.05. The minimum atomic E-state index is -0.00647. The van der Waals surface area contributed by atoms with E-state index in [1.165, 1.54) is 11.1 Å². The van der Waals surface area contributed by atoms with E-state index < -0.39 is 0 Å². The third-order valence-corrected chi connectivity index (χ3v) is 8.03. The molecule has 36 heavy (non-hydrogen) atoms. The number of thiophene rings is 1. The Morgan fingerprint density at radius 1 is 1.17 bits per heavy atom. The number of ether oxygens (including phenoxy) is 2. The summed E-state index contributed by atoms with van der Waals surface area (Å²) in [5.74, 6) is 2.22. The first-order valence-corrected chi connectivity index (χ1v) is 13.2. The molecule has 6 nitrogen and oxygen atoms in total. The molecule has 0 fully saturated rings. The highest BCUT2D eigenvalue weighted by molar-refractivity contribution is 7.13. The molecule has 0 unspecified atom stereocenters. The highest BCUT2D eigenvalue weighted by Crippen LogP contribution is 2.43. The number of benzene rings is 2. The van der Waals surface area contributed by atoms with Crippen molar-refractivity contribution in [3.05, 3.63) is 87.6 Å². The molecular formula is C29H28N2O4S. The number of fused-ring (bicyclic) bond motifs is 2. The summed E-state index contributed by atoms with van der Waals surface area (Å²) in [5, 5.41) is 6.07. The number of nitrogens with zero attached hydrogens (tertiary/aromatic N) is 2. The fourth-order valence-electron chi connectivity index (χ4n) is 5.18. The maximum Gasteiger partial charge on any atom is 0.227 e. The molecule has 2 aliphatic rings. The van der Waals surface area contributed by atoms with Gasteiger partial charge in [0.1, 0.15) is 18.5 Å². The lowest BCUT2D eigenvalue weighted by molar-refractivity contribution is -0.131. The van der Waals surface area contributed by atoms with Gasteiger partial charge in [-0.15, -0.1) is 11.3 Å². The Labute approximate surface area is 214 Å². The molecule has 0 saturated carbocycles. The lowest BCUT2D eigenvalue weighted by atomic mass is 10.1. The van der Waals surface area contributed by atoms with Gasteiger partial charge < -0.3 is 18.9 Å². The van der Waals surface area contributed by atoms with E-state index >= 15 is 0 Å². The van der Waals surface area contributed by atoms with Crippen LogP contribution in [0.25, 0.3) is 10.4 Å². The molecule has 1 amide bonds. The molecule has 0 bridgehead atoms. The van der Waals surface area contributed by atoms with Crippen LogP contribution in [-0.4, -0.2) is 29.1 Å². The van der Waals surface area contributed by atoms with Gasteiger partial charge in [0, 0.05) is 22.5 Å². The molecule has 6 rings (SSSR count). The lowest BCUT2D eigenvalue weighted by Gasteiger charge is -2.21. The minimum absolute atomic E-state index is 0.00647. The predicted molar refractivity (Wildman–Crippen MR) is 138 cm³/mol. The van der Waals surface area contributed by atoms with Gasteiger partial charge >= 0.3 is 0 Å². The van der Waals surface area contributed by atoms with Crippen molar-refractivity contribution in [1.29, 1.82) is 0 Å². The van der Waals surface area contributed by atoms with Crippen LogP contribution in [0.3, 0.4) is 0 Å². The summed E-state index contributed by atoms with van der Waals surface area (Å²) < 4.78 is 18.2. The second-order valence-corrected chi connectivity index (χ2v) is 10.4. The average molecular weight is 501 g/mol. The topological polar surface area (TPSA) is 64.8 Å². The van der Waals surface area contributed by atoms with Crippen LogP contribution in [0.15, 0.2) is 58.4 Å². The van der Waals surface area contributed by atoms with Gasteiger partial charge in [0.05, 0.1) is 18.7 Å². The molecule has 3 heterocycles. The second-order valence-electron chi connectivity index (χ2n) is 9.43. The van der Waals surface area contributed by atoms with Gasteiger partial charge in [-0.1, -0.05) is 35.5 Å². The highest BCUT2D eigenvalue weighted by atomic mass is 32.1. The molecule has 0 N–H and O–H groups in total. The molecule has 7 heteroatoms. The first-order chi connectivity index (χ1) is 17.6. The van der Waals surface area contributed by atoms with Crippen LogP contribution in [0.1, 0.15) is 46.2 Å². The molecule has 1 atom stereocenters. The zero-order chi connectivity index (χ0) is 24.6. The summed E-state index contributed by atoms with van der Waals surface area (Å²) in [5.41, 5.74) is 6.26. The van der Waals surface area contributed by atoms with Gasteiger partial charge in [-0.25, -0.2) is 0 Å². The maximum atomic E-state index is 13.3. The van der Waals surface area contributed by atoms with Crippen LogP contribution in [0.2, 0.25) is 0 Å². The Morgan fingerprint density at radius 2 is 2.06 bits per heavy atom. The van der Waals surface area contributed by atoms with E-state index in [2.05, 4.69) is 59.1 Å². The largest absolute Gasteiger partial charge is 0.487 e.